The Labute approximate surface area is 136 Å². The molecule has 0 saturated heterocycles. The minimum atomic E-state index is -3.10. The van der Waals surface area contributed by atoms with Gasteiger partial charge in [-0.25, -0.2) is 8.42 Å². The van der Waals surface area contributed by atoms with Gasteiger partial charge in [0.25, 0.3) is 0 Å². The molecule has 0 aromatic rings. The Morgan fingerprint density at radius 2 is 1.77 bits per heavy atom. The van der Waals surface area contributed by atoms with E-state index in [9.17, 15) is 8.42 Å². The standard InChI is InChI=1S/C16H33N3O2S/c1-15(2,3)22(20,21)12-11-18-14(17-6)19-13-7-9-16(4,5)10-8-13/h13H,7-12H2,1-6H3,(H2,17,18,19). The second kappa shape index (κ2) is 7.20. The summed E-state index contributed by atoms with van der Waals surface area (Å²) in [6, 6.07) is 0.429. The van der Waals surface area contributed by atoms with Gasteiger partial charge in [0.1, 0.15) is 0 Å². The third kappa shape index (κ3) is 5.78. The Kier molecular flexibility index (Phi) is 6.30. The quantitative estimate of drug-likeness (QED) is 0.613. The molecule has 130 valence electrons. The second-order valence-corrected chi connectivity index (χ2v) is 10.9. The summed E-state index contributed by atoms with van der Waals surface area (Å²) in [6.45, 7) is 10.2. The molecule has 0 spiro atoms. The predicted molar refractivity (Wildman–Crippen MR) is 94.1 cm³/mol. The van der Waals surface area contributed by atoms with E-state index in [0.29, 0.717) is 24.0 Å². The molecule has 0 aromatic carbocycles. The van der Waals surface area contributed by atoms with Gasteiger partial charge in [-0.3, -0.25) is 4.99 Å². The van der Waals surface area contributed by atoms with Crippen molar-refractivity contribution in [2.24, 2.45) is 10.4 Å². The Morgan fingerprint density at radius 1 is 1.23 bits per heavy atom. The van der Waals surface area contributed by atoms with E-state index in [2.05, 4.69) is 29.5 Å². The van der Waals surface area contributed by atoms with Crippen molar-refractivity contribution in [1.29, 1.82) is 0 Å². The average molecular weight is 332 g/mol. The highest BCUT2D eigenvalue weighted by Crippen LogP contribution is 2.34. The minimum absolute atomic E-state index is 0.120. The summed E-state index contributed by atoms with van der Waals surface area (Å²) in [5.41, 5.74) is 0.440. The summed E-state index contributed by atoms with van der Waals surface area (Å²) in [4.78, 5) is 4.20. The molecule has 1 aliphatic rings. The van der Waals surface area contributed by atoms with Crippen LogP contribution in [0.15, 0.2) is 4.99 Å². The molecule has 1 saturated carbocycles. The van der Waals surface area contributed by atoms with Crippen molar-refractivity contribution in [3.8, 4) is 0 Å². The first-order chi connectivity index (χ1) is 9.97. The first-order valence-electron chi connectivity index (χ1n) is 8.16. The summed E-state index contributed by atoms with van der Waals surface area (Å²) in [6.07, 6.45) is 4.68. The van der Waals surface area contributed by atoms with Gasteiger partial charge in [-0.05, 0) is 51.9 Å². The molecule has 2 N–H and O–H groups in total. The Bertz CT molecular complexity index is 480. The van der Waals surface area contributed by atoms with Gasteiger partial charge >= 0.3 is 0 Å². The second-order valence-electron chi connectivity index (χ2n) is 8.01. The number of nitrogens with one attached hydrogen (secondary N) is 2. The normalized spacial score (nSPS) is 20.7. The van der Waals surface area contributed by atoms with Crippen molar-refractivity contribution in [3.05, 3.63) is 0 Å². The van der Waals surface area contributed by atoms with Gasteiger partial charge in [-0.2, -0.15) is 0 Å². The maximum atomic E-state index is 12.1. The summed E-state index contributed by atoms with van der Waals surface area (Å²) >= 11 is 0. The van der Waals surface area contributed by atoms with Gasteiger partial charge in [-0.1, -0.05) is 13.8 Å². The van der Waals surface area contributed by atoms with Crippen molar-refractivity contribution in [3.63, 3.8) is 0 Å². The molecule has 6 heteroatoms. The molecular formula is C16H33N3O2S. The average Bonchev–Trinajstić information content (AvgIpc) is 2.38. The molecule has 1 rings (SSSR count). The lowest BCUT2D eigenvalue weighted by molar-refractivity contribution is 0.216. The molecule has 0 radical (unpaired) electrons. The molecule has 0 aromatic heterocycles. The first-order valence-corrected chi connectivity index (χ1v) is 9.82. The van der Waals surface area contributed by atoms with Crippen molar-refractivity contribution >= 4 is 15.8 Å². The fourth-order valence-corrected chi connectivity index (χ4v) is 3.52. The Balaban J connectivity index is 2.42. The third-order valence-electron chi connectivity index (χ3n) is 4.50. The van der Waals surface area contributed by atoms with E-state index in [1.54, 1.807) is 27.8 Å². The molecule has 1 aliphatic carbocycles. The zero-order chi connectivity index (χ0) is 17.0. The largest absolute Gasteiger partial charge is 0.355 e. The summed E-state index contributed by atoms with van der Waals surface area (Å²) in [5.74, 6) is 0.823. The minimum Gasteiger partial charge on any atom is -0.355 e. The van der Waals surface area contributed by atoms with Gasteiger partial charge in [-0.15, -0.1) is 0 Å². The molecule has 22 heavy (non-hydrogen) atoms. The molecule has 0 amide bonds. The van der Waals surface area contributed by atoms with E-state index in [1.165, 1.54) is 12.8 Å². The van der Waals surface area contributed by atoms with Crippen LogP contribution in [-0.2, 0) is 9.84 Å². The van der Waals surface area contributed by atoms with E-state index in [4.69, 9.17) is 0 Å². The van der Waals surface area contributed by atoms with E-state index < -0.39 is 14.6 Å². The van der Waals surface area contributed by atoms with Gasteiger partial charge in [0, 0.05) is 19.6 Å². The van der Waals surface area contributed by atoms with Crippen LogP contribution in [0.2, 0.25) is 0 Å². The van der Waals surface area contributed by atoms with E-state index in [0.717, 1.165) is 12.8 Å². The van der Waals surface area contributed by atoms with Gasteiger partial charge in [0.05, 0.1) is 10.5 Å². The van der Waals surface area contributed by atoms with Crippen molar-refractivity contribution in [2.75, 3.05) is 19.3 Å². The molecule has 5 nitrogen and oxygen atoms in total. The maximum absolute atomic E-state index is 12.1. The lowest BCUT2D eigenvalue weighted by Crippen LogP contribution is -2.47. The van der Waals surface area contributed by atoms with Crippen molar-refractivity contribution in [1.82, 2.24) is 10.6 Å². The van der Waals surface area contributed by atoms with Crippen molar-refractivity contribution < 1.29 is 8.42 Å². The topological polar surface area (TPSA) is 70.6 Å². The zero-order valence-electron chi connectivity index (χ0n) is 15.0. The van der Waals surface area contributed by atoms with Crippen LogP contribution in [0.1, 0.15) is 60.3 Å². The SMILES string of the molecule is CN=C(NCCS(=O)(=O)C(C)(C)C)NC1CCC(C)(C)CC1. The van der Waals surface area contributed by atoms with Gasteiger partial charge < -0.3 is 10.6 Å². The predicted octanol–water partition coefficient (Wildman–Crippen LogP) is 2.33. The highest BCUT2D eigenvalue weighted by atomic mass is 32.2. The van der Waals surface area contributed by atoms with E-state index >= 15 is 0 Å². The van der Waals surface area contributed by atoms with E-state index in [-0.39, 0.29) is 5.75 Å². The van der Waals surface area contributed by atoms with Crippen LogP contribution in [0.5, 0.6) is 0 Å². The smallest absolute Gasteiger partial charge is 0.191 e. The molecule has 1 fully saturated rings. The van der Waals surface area contributed by atoms with Crippen LogP contribution in [0.4, 0.5) is 0 Å². The zero-order valence-corrected chi connectivity index (χ0v) is 15.8. The first kappa shape index (κ1) is 19.3. The number of nitrogens with zero attached hydrogens (tertiary/aromatic N) is 1. The number of rotatable bonds is 4. The summed E-state index contributed by atoms with van der Waals surface area (Å²) in [7, 11) is -1.37. The fourth-order valence-electron chi connectivity index (χ4n) is 2.54. The van der Waals surface area contributed by atoms with Gasteiger partial charge in [0.2, 0.25) is 0 Å². The van der Waals surface area contributed by atoms with Crippen LogP contribution < -0.4 is 10.6 Å². The summed E-state index contributed by atoms with van der Waals surface area (Å²) < 4.78 is 23.5. The summed E-state index contributed by atoms with van der Waals surface area (Å²) in [5, 5.41) is 6.54. The molecule has 0 atom stereocenters. The van der Waals surface area contributed by atoms with E-state index in [1.807, 2.05) is 0 Å². The van der Waals surface area contributed by atoms with Crippen LogP contribution in [0.3, 0.4) is 0 Å². The molecule has 0 heterocycles. The Morgan fingerprint density at radius 3 is 2.23 bits per heavy atom. The van der Waals surface area contributed by atoms with Crippen molar-refractivity contribution in [2.45, 2.75) is 71.1 Å². The molecule has 0 aliphatic heterocycles. The lowest BCUT2D eigenvalue weighted by Gasteiger charge is -2.35. The molecular weight excluding hydrogens is 298 g/mol. The Hall–Kier alpha value is -0.780. The number of hydrogen-bond donors (Lipinski definition) is 2. The lowest BCUT2D eigenvalue weighted by atomic mass is 9.75. The van der Waals surface area contributed by atoms with Crippen LogP contribution in [-0.4, -0.2) is 44.5 Å². The fraction of sp³-hybridized carbons (Fsp3) is 0.938. The number of hydrogen-bond acceptors (Lipinski definition) is 3. The number of aliphatic imine (C=N–C) groups is 1. The molecule has 0 bridgehead atoms. The third-order valence-corrected chi connectivity index (χ3v) is 7.11. The number of sulfone groups is 1. The molecule has 0 unspecified atom stereocenters. The number of guanidine groups is 1. The highest BCUT2D eigenvalue weighted by Gasteiger charge is 2.29. The monoisotopic (exact) mass is 331 g/mol. The van der Waals surface area contributed by atoms with Gasteiger partial charge in [0.15, 0.2) is 15.8 Å². The van der Waals surface area contributed by atoms with Crippen LogP contribution in [0, 0.1) is 5.41 Å². The van der Waals surface area contributed by atoms with Crippen LogP contribution >= 0.6 is 0 Å². The van der Waals surface area contributed by atoms with Crippen LogP contribution in [0.25, 0.3) is 0 Å². The highest BCUT2D eigenvalue weighted by molar-refractivity contribution is 7.92. The maximum Gasteiger partial charge on any atom is 0.191 e.